The van der Waals surface area contributed by atoms with Gasteiger partial charge >= 0.3 is 11.7 Å². The van der Waals surface area contributed by atoms with Crippen LogP contribution in [0, 0.1) is 20.8 Å². The van der Waals surface area contributed by atoms with E-state index < -0.39 is 35.2 Å². The lowest BCUT2D eigenvalue weighted by Crippen LogP contribution is -2.42. The van der Waals surface area contributed by atoms with Crippen molar-refractivity contribution >= 4 is 17.6 Å². The van der Waals surface area contributed by atoms with Gasteiger partial charge in [-0.2, -0.15) is 5.10 Å². The Morgan fingerprint density at radius 1 is 1.00 bits per heavy atom. The number of hydrogen-bond acceptors (Lipinski definition) is 7. The molecule has 0 amide bonds. The zero-order valence-electron chi connectivity index (χ0n) is 18.6. The standard InChI is InChI=1S/C22H25N5O5/c1-12-6-8-15(9-7-12)10-27-14(3)17(13(2)24-27)21(30)32-11-16(28)18-19(23)25(4)22(31)26(5)20(18)29/h6-9H,10-11,23H2,1-5H3. The number of aryl methyl sites for hydroxylation is 2. The third-order valence-corrected chi connectivity index (χ3v) is 5.36. The molecule has 0 aliphatic rings. The van der Waals surface area contributed by atoms with Crippen LogP contribution in [-0.4, -0.2) is 37.3 Å². The maximum atomic E-state index is 12.7. The molecule has 3 aromatic rings. The van der Waals surface area contributed by atoms with Gasteiger partial charge in [-0.1, -0.05) is 29.8 Å². The molecule has 0 atom stereocenters. The maximum Gasteiger partial charge on any atom is 0.342 e. The van der Waals surface area contributed by atoms with Gasteiger partial charge in [0.2, 0.25) is 5.78 Å². The van der Waals surface area contributed by atoms with Crippen LogP contribution < -0.4 is 17.0 Å². The van der Waals surface area contributed by atoms with Gasteiger partial charge in [-0.05, 0) is 26.3 Å². The molecule has 0 fully saturated rings. The molecular formula is C22H25N5O5. The molecule has 2 N–H and O–H groups in total. The highest BCUT2D eigenvalue weighted by Gasteiger charge is 2.24. The van der Waals surface area contributed by atoms with Crippen LogP contribution in [0.25, 0.3) is 0 Å². The second kappa shape index (κ2) is 8.66. The Morgan fingerprint density at radius 2 is 1.62 bits per heavy atom. The fourth-order valence-electron chi connectivity index (χ4n) is 3.41. The normalized spacial score (nSPS) is 10.9. The third kappa shape index (κ3) is 4.11. The number of ketones is 1. The predicted octanol–water partition coefficient (Wildman–Crippen LogP) is 0.876. The Labute approximate surface area is 183 Å². The van der Waals surface area contributed by atoms with Crippen molar-refractivity contribution in [3.05, 3.63) is 78.7 Å². The van der Waals surface area contributed by atoms with E-state index in [1.165, 1.54) is 14.1 Å². The van der Waals surface area contributed by atoms with Crippen molar-refractivity contribution in [2.45, 2.75) is 27.3 Å². The van der Waals surface area contributed by atoms with Crippen LogP contribution in [0.2, 0.25) is 0 Å². The molecule has 2 heterocycles. The molecule has 1 aromatic carbocycles. The molecule has 0 saturated heterocycles. The summed E-state index contributed by atoms with van der Waals surface area (Å²) in [6, 6.07) is 7.97. The van der Waals surface area contributed by atoms with Crippen molar-refractivity contribution < 1.29 is 14.3 Å². The number of aromatic nitrogens is 4. The van der Waals surface area contributed by atoms with Crippen LogP contribution in [0.3, 0.4) is 0 Å². The van der Waals surface area contributed by atoms with Gasteiger partial charge in [0.25, 0.3) is 5.56 Å². The number of nitrogens with zero attached hydrogens (tertiary/aromatic N) is 4. The number of anilines is 1. The van der Waals surface area contributed by atoms with Crippen molar-refractivity contribution in [1.29, 1.82) is 0 Å². The highest BCUT2D eigenvalue weighted by molar-refractivity contribution is 6.02. The van der Waals surface area contributed by atoms with Gasteiger partial charge in [-0.3, -0.25) is 23.4 Å². The van der Waals surface area contributed by atoms with Gasteiger partial charge in [-0.25, -0.2) is 9.59 Å². The average molecular weight is 439 g/mol. The third-order valence-electron chi connectivity index (χ3n) is 5.36. The Kier molecular flexibility index (Phi) is 6.15. The summed E-state index contributed by atoms with van der Waals surface area (Å²) in [6.45, 7) is 5.20. The van der Waals surface area contributed by atoms with E-state index >= 15 is 0 Å². The molecule has 0 radical (unpaired) electrons. The summed E-state index contributed by atoms with van der Waals surface area (Å²) in [5.74, 6) is -1.81. The van der Waals surface area contributed by atoms with Crippen LogP contribution >= 0.6 is 0 Å². The van der Waals surface area contributed by atoms with Gasteiger partial charge in [-0.15, -0.1) is 0 Å². The average Bonchev–Trinajstić information content (AvgIpc) is 3.03. The van der Waals surface area contributed by atoms with Crippen molar-refractivity contribution in [1.82, 2.24) is 18.9 Å². The van der Waals surface area contributed by atoms with E-state index in [4.69, 9.17) is 10.5 Å². The molecule has 0 saturated carbocycles. The van der Waals surface area contributed by atoms with Gasteiger partial charge in [0.1, 0.15) is 16.9 Å². The second-order valence-corrected chi connectivity index (χ2v) is 7.65. The first-order valence-corrected chi connectivity index (χ1v) is 9.88. The number of esters is 1. The van der Waals surface area contributed by atoms with E-state index in [0.717, 1.165) is 20.3 Å². The molecule has 32 heavy (non-hydrogen) atoms. The molecular weight excluding hydrogens is 414 g/mol. The van der Waals surface area contributed by atoms with E-state index in [1.807, 2.05) is 31.2 Å². The van der Waals surface area contributed by atoms with Crippen LogP contribution in [0.4, 0.5) is 5.82 Å². The van der Waals surface area contributed by atoms with Crippen molar-refractivity contribution in [2.75, 3.05) is 12.3 Å². The minimum absolute atomic E-state index is 0.256. The molecule has 168 valence electrons. The second-order valence-electron chi connectivity index (χ2n) is 7.65. The minimum atomic E-state index is -0.843. The maximum absolute atomic E-state index is 12.7. The van der Waals surface area contributed by atoms with Crippen LogP contribution in [-0.2, 0) is 25.4 Å². The number of nitrogens with two attached hydrogens (primary N) is 1. The van der Waals surface area contributed by atoms with Gasteiger partial charge in [0, 0.05) is 14.1 Å². The van der Waals surface area contributed by atoms with Gasteiger partial charge < -0.3 is 10.5 Å². The van der Waals surface area contributed by atoms with Gasteiger partial charge in [0.05, 0.1) is 17.9 Å². The quantitative estimate of drug-likeness (QED) is 0.445. The molecule has 10 heteroatoms. The molecule has 0 bridgehead atoms. The summed E-state index contributed by atoms with van der Waals surface area (Å²) < 4.78 is 8.62. The number of benzene rings is 1. The van der Waals surface area contributed by atoms with Crippen LogP contribution in [0.1, 0.15) is 43.2 Å². The summed E-state index contributed by atoms with van der Waals surface area (Å²) in [5, 5.41) is 4.41. The number of nitrogen functional groups attached to an aromatic ring is 1. The summed E-state index contributed by atoms with van der Waals surface area (Å²) >= 11 is 0. The lowest BCUT2D eigenvalue weighted by atomic mass is 10.1. The molecule has 0 spiro atoms. The fourth-order valence-corrected chi connectivity index (χ4v) is 3.41. The van der Waals surface area contributed by atoms with E-state index in [9.17, 15) is 19.2 Å². The zero-order chi connectivity index (χ0) is 23.7. The number of rotatable bonds is 6. The van der Waals surface area contributed by atoms with E-state index in [2.05, 4.69) is 5.10 Å². The number of ether oxygens (including phenoxy) is 1. The van der Waals surface area contributed by atoms with Crippen molar-refractivity contribution in [3.8, 4) is 0 Å². The highest BCUT2D eigenvalue weighted by atomic mass is 16.5. The number of carbonyl (C=O) groups excluding carboxylic acids is 2. The first kappa shape index (κ1) is 22.7. The smallest absolute Gasteiger partial charge is 0.342 e. The monoisotopic (exact) mass is 439 g/mol. The fraction of sp³-hybridized carbons (Fsp3) is 0.318. The summed E-state index contributed by atoms with van der Waals surface area (Å²) in [5.41, 5.74) is 7.36. The van der Waals surface area contributed by atoms with Gasteiger partial charge in [0.15, 0.2) is 6.61 Å². The van der Waals surface area contributed by atoms with Crippen LogP contribution in [0.5, 0.6) is 0 Å². The molecule has 0 unspecified atom stereocenters. The first-order chi connectivity index (χ1) is 15.0. The lowest BCUT2D eigenvalue weighted by molar-refractivity contribution is 0.0472. The Morgan fingerprint density at radius 3 is 2.25 bits per heavy atom. The zero-order valence-corrected chi connectivity index (χ0v) is 18.6. The van der Waals surface area contributed by atoms with E-state index in [0.29, 0.717) is 17.9 Å². The summed E-state index contributed by atoms with van der Waals surface area (Å²) in [4.78, 5) is 49.5. The molecule has 0 aliphatic heterocycles. The molecule has 10 nitrogen and oxygen atoms in total. The SMILES string of the molecule is Cc1ccc(Cn2nc(C)c(C(=O)OCC(=O)c3c(N)n(C)c(=O)n(C)c3=O)c2C)cc1. The summed E-state index contributed by atoms with van der Waals surface area (Å²) in [7, 11) is 2.58. The Bertz CT molecular complexity index is 1330. The first-order valence-electron chi connectivity index (χ1n) is 9.88. The topological polar surface area (TPSA) is 131 Å². The number of hydrogen-bond donors (Lipinski definition) is 1. The molecule has 2 aromatic heterocycles. The Hall–Kier alpha value is -3.95. The number of Topliss-reactive ketones (excluding diaryl/α,β-unsaturated/α-hetero) is 1. The van der Waals surface area contributed by atoms with Crippen LogP contribution in [0.15, 0.2) is 33.9 Å². The Balaban J connectivity index is 1.79. The number of carbonyl (C=O) groups is 2. The highest BCUT2D eigenvalue weighted by Crippen LogP contribution is 2.17. The van der Waals surface area contributed by atoms with Crippen molar-refractivity contribution in [3.63, 3.8) is 0 Å². The van der Waals surface area contributed by atoms with Crippen molar-refractivity contribution in [2.24, 2.45) is 14.1 Å². The summed E-state index contributed by atoms with van der Waals surface area (Å²) in [6.07, 6.45) is 0. The molecule has 0 aliphatic carbocycles. The lowest BCUT2D eigenvalue weighted by Gasteiger charge is -2.11. The largest absolute Gasteiger partial charge is 0.454 e. The van der Waals surface area contributed by atoms with E-state index in [1.54, 1.807) is 18.5 Å². The molecule has 3 rings (SSSR count). The van der Waals surface area contributed by atoms with E-state index in [-0.39, 0.29) is 11.4 Å². The predicted molar refractivity (Wildman–Crippen MR) is 118 cm³/mol. The minimum Gasteiger partial charge on any atom is -0.454 e.